The number of amides is 1. The van der Waals surface area contributed by atoms with Crippen molar-refractivity contribution >= 4 is 26.7 Å². The van der Waals surface area contributed by atoms with Crippen LogP contribution in [0, 0.1) is 5.82 Å². The molecule has 3 N–H and O–H groups in total. The van der Waals surface area contributed by atoms with Gasteiger partial charge in [-0.3, -0.25) is 4.79 Å². The van der Waals surface area contributed by atoms with Crippen molar-refractivity contribution < 1.29 is 31.1 Å². The van der Waals surface area contributed by atoms with Gasteiger partial charge < -0.3 is 15.4 Å². The number of piperidine rings is 1. The van der Waals surface area contributed by atoms with Gasteiger partial charge in [0.2, 0.25) is 15.9 Å². The van der Waals surface area contributed by atoms with Crippen molar-refractivity contribution in [3.63, 3.8) is 0 Å². The molecule has 2 heterocycles. The first-order valence-corrected chi connectivity index (χ1v) is 18.0. The van der Waals surface area contributed by atoms with E-state index < -0.39 is 39.3 Å². The molecule has 4 aromatic rings. The van der Waals surface area contributed by atoms with Crippen molar-refractivity contribution in [1.29, 1.82) is 0 Å². The zero-order chi connectivity index (χ0) is 33.6. The van der Waals surface area contributed by atoms with Gasteiger partial charge in [-0.25, -0.2) is 12.8 Å². The van der Waals surface area contributed by atoms with Crippen LogP contribution in [-0.2, 0) is 20.7 Å². The number of nitrogens with two attached hydrogens (primary N) is 1. The average Bonchev–Trinajstić information content (AvgIpc) is 3.68. The highest BCUT2D eigenvalue weighted by atomic mass is 32.2. The Kier molecular flexibility index (Phi) is 8.72. The molecule has 2 unspecified atom stereocenters. The molecule has 252 valence electrons. The molecule has 1 saturated carbocycles. The molecule has 11 heteroatoms. The number of alkyl halides is 2. The highest BCUT2D eigenvalue weighted by Gasteiger charge is 2.53. The fourth-order valence-corrected chi connectivity index (χ4v) is 8.79. The predicted molar refractivity (Wildman–Crippen MR) is 178 cm³/mol. The largest absolute Gasteiger partial charge is 0.490 e. The summed E-state index contributed by atoms with van der Waals surface area (Å²) in [6, 6.07) is 17.4. The Labute approximate surface area is 278 Å². The van der Waals surface area contributed by atoms with Gasteiger partial charge >= 0.3 is 0 Å². The second-order valence-corrected chi connectivity index (χ2v) is 15.0. The summed E-state index contributed by atoms with van der Waals surface area (Å²) in [6.45, 7) is 0. The molecule has 7 nitrogen and oxygen atoms in total. The first kappa shape index (κ1) is 32.6. The number of sulfonamides is 1. The monoisotopic (exact) mass is 677 g/mol. The van der Waals surface area contributed by atoms with Gasteiger partial charge in [-0.2, -0.15) is 13.5 Å². The quantitative estimate of drug-likeness (QED) is 0.201. The van der Waals surface area contributed by atoms with E-state index in [-0.39, 0.29) is 29.1 Å². The molecule has 0 spiro atoms. The van der Waals surface area contributed by atoms with Crippen LogP contribution in [0.2, 0.25) is 0 Å². The number of carbonyl (C=O) groups is 1. The Hall–Kier alpha value is -3.93. The van der Waals surface area contributed by atoms with Crippen LogP contribution >= 0.6 is 0 Å². The first-order valence-electron chi connectivity index (χ1n) is 16.5. The van der Waals surface area contributed by atoms with E-state index in [4.69, 9.17) is 10.5 Å². The van der Waals surface area contributed by atoms with E-state index in [1.807, 2.05) is 6.07 Å². The minimum atomic E-state index is -4.60. The highest BCUT2D eigenvalue weighted by Crippen LogP contribution is 2.40. The van der Waals surface area contributed by atoms with Crippen molar-refractivity contribution in [1.82, 2.24) is 9.62 Å². The summed E-state index contributed by atoms with van der Waals surface area (Å²) in [6.07, 6.45) is 6.59. The van der Waals surface area contributed by atoms with Crippen molar-refractivity contribution in [3.8, 4) is 16.9 Å². The number of hydrogen-bond donors (Lipinski definition) is 2. The smallest absolute Gasteiger partial charge is 0.298 e. The molecule has 0 aromatic heterocycles. The van der Waals surface area contributed by atoms with E-state index >= 15 is 8.78 Å². The highest BCUT2D eigenvalue weighted by molar-refractivity contribution is 7.89. The van der Waals surface area contributed by atoms with Gasteiger partial charge in [0.1, 0.15) is 11.6 Å². The molecule has 2 saturated heterocycles. The number of nitrogens with zero attached hydrogens (tertiary/aromatic N) is 1. The van der Waals surface area contributed by atoms with Gasteiger partial charge in [0, 0.05) is 23.7 Å². The number of ether oxygens (including phenoxy) is 1. The summed E-state index contributed by atoms with van der Waals surface area (Å²) in [5.74, 6) is -4.63. The molecule has 3 aliphatic rings. The van der Waals surface area contributed by atoms with Gasteiger partial charge in [0.15, 0.2) is 6.04 Å². The number of fused-ring (bicyclic) bond motifs is 3. The van der Waals surface area contributed by atoms with Crippen LogP contribution in [0.5, 0.6) is 5.75 Å². The fraction of sp³-hybridized carbons (Fsp3) is 0.378. The van der Waals surface area contributed by atoms with Crippen LogP contribution in [-0.4, -0.2) is 49.5 Å². The van der Waals surface area contributed by atoms with Crippen LogP contribution in [0.15, 0.2) is 89.8 Å². The second-order valence-electron chi connectivity index (χ2n) is 13.3. The molecule has 2 bridgehead atoms. The molecule has 4 aromatic carbocycles. The summed E-state index contributed by atoms with van der Waals surface area (Å²) in [5, 5.41) is 1.33. The van der Waals surface area contributed by atoms with Gasteiger partial charge in [-0.15, -0.1) is 0 Å². The lowest BCUT2D eigenvalue weighted by Gasteiger charge is -2.41. The summed E-state index contributed by atoms with van der Waals surface area (Å²) >= 11 is 0. The lowest BCUT2D eigenvalue weighted by atomic mass is 9.94. The SMILES string of the molecule is NC1CC2CCC(C1)N2C(=O)[C@@H](NS(=O)(=O)c1ccc2cc(OC3CCCC3)ccc2c1)C(F)(F)c1ccc(-c2ccc(F)cc2)cc1. The van der Waals surface area contributed by atoms with Crippen molar-refractivity contribution in [2.24, 2.45) is 5.73 Å². The number of hydrogen-bond acceptors (Lipinski definition) is 5. The van der Waals surface area contributed by atoms with E-state index in [1.165, 1.54) is 65.6 Å². The van der Waals surface area contributed by atoms with Crippen LogP contribution in [0.4, 0.5) is 13.2 Å². The molecular formula is C37H38F3N3O4S. The fourth-order valence-electron chi connectivity index (χ4n) is 7.57. The Bertz CT molecular complexity index is 1900. The molecule has 1 amide bonds. The zero-order valence-corrected chi connectivity index (χ0v) is 27.1. The molecule has 2 aliphatic heterocycles. The minimum absolute atomic E-state index is 0.150. The summed E-state index contributed by atoms with van der Waals surface area (Å²) < 4.78 is 82.6. The third-order valence-corrected chi connectivity index (χ3v) is 11.5. The van der Waals surface area contributed by atoms with Crippen LogP contribution in [0.3, 0.4) is 0 Å². The maximum absolute atomic E-state index is 16.6. The molecule has 3 fully saturated rings. The Morgan fingerprint density at radius 2 is 1.42 bits per heavy atom. The van der Waals surface area contributed by atoms with Crippen LogP contribution in [0.1, 0.15) is 56.9 Å². The molecule has 0 radical (unpaired) electrons. The normalized spacial score (nSPS) is 22.2. The second kappa shape index (κ2) is 12.8. The maximum atomic E-state index is 16.6. The van der Waals surface area contributed by atoms with Crippen LogP contribution in [0.25, 0.3) is 21.9 Å². The molecule has 1 aliphatic carbocycles. The zero-order valence-electron chi connectivity index (χ0n) is 26.3. The third-order valence-electron chi connectivity index (χ3n) is 10.1. The predicted octanol–water partition coefficient (Wildman–Crippen LogP) is 6.89. The first-order chi connectivity index (χ1) is 23.0. The summed E-state index contributed by atoms with van der Waals surface area (Å²) in [7, 11) is -4.60. The number of benzene rings is 4. The van der Waals surface area contributed by atoms with Crippen molar-refractivity contribution in [3.05, 3.63) is 96.3 Å². The maximum Gasteiger partial charge on any atom is 0.298 e. The van der Waals surface area contributed by atoms with E-state index in [1.54, 1.807) is 18.2 Å². The van der Waals surface area contributed by atoms with Gasteiger partial charge in [0.05, 0.1) is 11.0 Å². The Balaban J connectivity index is 1.20. The van der Waals surface area contributed by atoms with Crippen LogP contribution < -0.4 is 15.2 Å². The van der Waals surface area contributed by atoms with E-state index in [2.05, 4.69) is 4.72 Å². The molecule has 7 rings (SSSR count). The van der Waals surface area contributed by atoms with Crippen molar-refractivity contribution in [2.45, 2.75) is 92.5 Å². The average molecular weight is 678 g/mol. The number of nitrogens with one attached hydrogen (secondary N) is 1. The van der Waals surface area contributed by atoms with Gasteiger partial charge in [-0.1, -0.05) is 48.5 Å². The molecular weight excluding hydrogens is 639 g/mol. The minimum Gasteiger partial charge on any atom is -0.490 e. The Morgan fingerprint density at radius 3 is 2.06 bits per heavy atom. The summed E-state index contributed by atoms with van der Waals surface area (Å²) in [4.78, 5) is 15.3. The van der Waals surface area contributed by atoms with E-state index in [0.29, 0.717) is 47.9 Å². The van der Waals surface area contributed by atoms with E-state index in [0.717, 1.165) is 31.1 Å². The Morgan fingerprint density at radius 1 is 0.833 bits per heavy atom. The topological polar surface area (TPSA) is 102 Å². The van der Waals surface area contributed by atoms with Gasteiger partial charge in [-0.05, 0) is 110 Å². The number of halogens is 3. The molecule has 48 heavy (non-hydrogen) atoms. The lowest BCUT2D eigenvalue weighted by molar-refractivity contribution is -0.149. The standard InChI is InChI=1S/C37H38F3N3O4S/c38-28-13-7-24(8-14-28)23-5-11-27(12-6-23)37(39,40)35(36(44)43-30-15-16-31(43)22-29(41)21-30)42-48(45,46)34-18-10-25-19-33(17-9-26(25)20-34)47-32-3-1-2-4-32/h5-14,17-20,29-32,35,42H,1-4,15-16,21-22,41H2/t29?,30?,31?,35-/m1/s1. The summed E-state index contributed by atoms with van der Waals surface area (Å²) in [5.41, 5.74) is 6.85. The van der Waals surface area contributed by atoms with Crippen molar-refractivity contribution in [2.75, 3.05) is 0 Å². The molecule has 3 atom stereocenters. The number of carbonyl (C=O) groups excluding carboxylic acids is 1. The van der Waals surface area contributed by atoms with E-state index in [9.17, 15) is 17.6 Å². The lowest BCUT2D eigenvalue weighted by Crippen LogP contribution is -2.60. The number of rotatable bonds is 9. The van der Waals surface area contributed by atoms with Gasteiger partial charge in [0.25, 0.3) is 5.92 Å². The third kappa shape index (κ3) is 6.43.